The van der Waals surface area contributed by atoms with Crippen LogP contribution in [0.4, 0.5) is 0 Å². The van der Waals surface area contributed by atoms with Crippen LogP contribution in [-0.2, 0) is 0 Å². The molecule has 7 heteroatoms. The Labute approximate surface area is 125 Å². The second-order valence-electron chi connectivity index (χ2n) is 4.76. The van der Waals surface area contributed by atoms with E-state index >= 15 is 0 Å². The minimum Gasteiger partial charge on any atom is -0.475 e. The molecular formula is C14H15NO5S. The lowest BCUT2D eigenvalue weighted by Gasteiger charge is -2.34. The van der Waals surface area contributed by atoms with Crippen LogP contribution in [0, 0.1) is 0 Å². The van der Waals surface area contributed by atoms with E-state index in [2.05, 4.69) is 4.98 Å². The summed E-state index contributed by atoms with van der Waals surface area (Å²) < 4.78 is 10.6. The summed E-state index contributed by atoms with van der Waals surface area (Å²) in [6.07, 6.45) is 1.44. The van der Waals surface area contributed by atoms with E-state index in [4.69, 9.17) is 9.15 Å². The molecule has 3 N–H and O–H groups in total. The molecule has 0 saturated carbocycles. The summed E-state index contributed by atoms with van der Waals surface area (Å²) >= 11 is 1.25. The van der Waals surface area contributed by atoms with Crippen LogP contribution in [0.15, 0.2) is 41.3 Å². The molecule has 2 aromatic rings. The lowest BCUT2D eigenvalue weighted by atomic mass is 10.1. The van der Waals surface area contributed by atoms with E-state index in [0.29, 0.717) is 11.5 Å². The van der Waals surface area contributed by atoms with Crippen molar-refractivity contribution in [2.75, 3.05) is 5.75 Å². The van der Waals surface area contributed by atoms with Gasteiger partial charge in [-0.3, -0.25) is 4.98 Å². The summed E-state index contributed by atoms with van der Waals surface area (Å²) in [6.45, 7) is 0. The fourth-order valence-corrected chi connectivity index (χ4v) is 3.17. The molecule has 3 rings (SSSR count). The van der Waals surface area contributed by atoms with Gasteiger partial charge in [0.25, 0.3) is 0 Å². The Balaban J connectivity index is 1.68. The first-order chi connectivity index (χ1) is 10.1. The zero-order valence-corrected chi connectivity index (χ0v) is 11.8. The minimum atomic E-state index is -1.20. The van der Waals surface area contributed by atoms with E-state index in [-0.39, 0.29) is 0 Å². The molecule has 3 heterocycles. The van der Waals surface area contributed by atoms with E-state index in [9.17, 15) is 15.3 Å². The van der Waals surface area contributed by atoms with Crippen LogP contribution in [0.1, 0.15) is 0 Å². The molecule has 21 heavy (non-hydrogen) atoms. The topological polar surface area (TPSA) is 96.0 Å². The summed E-state index contributed by atoms with van der Waals surface area (Å²) in [5, 5.41) is 29.0. The monoisotopic (exact) mass is 309 g/mol. The molecule has 0 radical (unpaired) electrons. The largest absolute Gasteiger partial charge is 0.475 e. The van der Waals surface area contributed by atoms with Crippen molar-refractivity contribution in [3.63, 3.8) is 0 Å². The lowest BCUT2D eigenvalue weighted by molar-refractivity contribution is -0.0786. The third-order valence-corrected chi connectivity index (χ3v) is 4.50. The van der Waals surface area contributed by atoms with Crippen molar-refractivity contribution in [2.24, 2.45) is 0 Å². The Kier molecular flexibility index (Phi) is 4.16. The van der Waals surface area contributed by atoms with E-state index < -0.39 is 23.7 Å². The van der Waals surface area contributed by atoms with Crippen LogP contribution < -0.4 is 4.74 Å². The molecule has 0 unspecified atom stereocenters. The van der Waals surface area contributed by atoms with Gasteiger partial charge in [-0.05, 0) is 18.2 Å². The molecule has 1 aliphatic heterocycles. The van der Waals surface area contributed by atoms with Crippen molar-refractivity contribution in [1.29, 1.82) is 0 Å². The standard InChI is InChI=1S/C14H15NO5S/c16-11-7-21-14(13(18)12(11)17)20-9-1-2-10(15-5-9)8-3-4-19-6-8/h1-6,11-14,16-18H,7H2/t11-,12+,13-,14+/m1/s1. The average Bonchev–Trinajstić information content (AvgIpc) is 3.03. The molecule has 1 saturated heterocycles. The molecule has 0 amide bonds. The van der Waals surface area contributed by atoms with Gasteiger partial charge in [-0.25, -0.2) is 0 Å². The number of pyridine rings is 1. The molecule has 1 aliphatic rings. The zero-order chi connectivity index (χ0) is 14.8. The van der Waals surface area contributed by atoms with Gasteiger partial charge in [0.15, 0.2) is 5.44 Å². The van der Waals surface area contributed by atoms with Gasteiger partial charge >= 0.3 is 0 Å². The molecule has 112 valence electrons. The number of hydrogen-bond donors (Lipinski definition) is 3. The van der Waals surface area contributed by atoms with Gasteiger partial charge in [0.05, 0.1) is 30.5 Å². The Morgan fingerprint density at radius 1 is 1.19 bits per heavy atom. The molecule has 0 aliphatic carbocycles. The fraction of sp³-hybridized carbons (Fsp3) is 0.357. The predicted octanol–water partition coefficient (Wildman–Crippen LogP) is 0.876. The van der Waals surface area contributed by atoms with Gasteiger partial charge in [-0.1, -0.05) is 0 Å². The molecule has 2 aromatic heterocycles. The summed E-state index contributed by atoms with van der Waals surface area (Å²) in [7, 11) is 0. The molecule has 4 atom stereocenters. The lowest BCUT2D eigenvalue weighted by Crippen LogP contribution is -2.50. The Hall–Kier alpha value is -1.54. The summed E-state index contributed by atoms with van der Waals surface area (Å²) in [4.78, 5) is 4.26. The van der Waals surface area contributed by atoms with Gasteiger partial charge in [0.1, 0.15) is 18.0 Å². The second-order valence-corrected chi connectivity index (χ2v) is 5.89. The maximum Gasteiger partial charge on any atom is 0.173 e. The van der Waals surface area contributed by atoms with Crippen LogP contribution in [0.2, 0.25) is 0 Å². The normalized spacial score (nSPS) is 29.3. The number of thioether (sulfide) groups is 1. The number of aromatic nitrogens is 1. The highest BCUT2D eigenvalue weighted by atomic mass is 32.2. The molecular weight excluding hydrogens is 294 g/mol. The smallest absolute Gasteiger partial charge is 0.173 e. The van der Waals surface area contributed by atoms with Gasteiger partial charge in [-0.2, -0.15) is 0 Å². The quantitative estimate of drug-likeness (QED) is 0.774. The number of nitrogens with zero attached hydrogens (tertiary/aromatic N) is 1. The van der Waals surface area contributed by atoms with E-state index in [1.807, 2.05) is 0 Å². The zero-order valence-electron chi connectivity index (χ0n) is 11.0. The number of ether oxygens (including phenoxy) is 1. The number of aliphatic hydroxyl groups is 3. The molecule has 0 spiro atoms. The van der Waals surface area contributed by atoms with Crippen LogP contribution >= 0.6 is 11.8 Å². The predicted molar refractivity (Wildman–Crippen MR) is 76.8 cm³/mol. The van der Waals surface area contributed by atoms with Crippen LogP contribution in [-0.4, -0.2) is 49.8 Å². The van der Waals surface area contributed by atoms with E-state index in [0.717, 1.165) is 11.3 Å². The number of rotatable bonds is 3. The van der Waals surface area contributed by atoms with Crippen LogP contribution in [0.5, 0.6) is 5.75 Å². The van der Waals surface area contributed by atoms with Crippen molar-refractivity contribution in [2.45, 2.75) is 23.7 Å². The third kappa shape index (κ3) is 3.06. The number of hydrogen-bond acceptors (Lipinski definition) is 7. The summed E-state index contributed by atoms with van der Waals surface area (Å²) in [5.74, 6) is 0.797. The highest BCUT2D eigenvalue weighted by molar-refractivity contribution is 7.99. The third-order valence-electron chi connectivity index (χ3n) is 3.26. The average molecular weight is 309 g/mol. The van der Waals surface area contributed by atoms with Gasteiger partial charge in [0, 0.05) is 11.3 Å². The van der Waals surface area contributed by atoms with Crippen LogP contribution in [0.3, 0.4) is 0 Å². The van der Waals surface area contributed by atoms with Crippen molar-refractivity contribution in [3.8, 4) is 17.0 Å². The first-order valence-corrected chi connectivity index (χ1v) is 7.51. The Bertz CT molecular complexity index is 574. The fourth-order valence-electron chi connectivity index (χ4n) is 2.05. The summed E-state index contributed by atoms with van der Waals surface area (Å²) in [5.41, 5.74) is 0.987. The molecule has 0 aromatic carbocycles. The maximum absolute atomic E-state index is 9.89. The molecule has 0 bridgehead atoms. The van der Waals surface area contributed by atoms with Crippen molar-refractivity contribution in [1.82, 2.24) is 4.98 Å². The molecule has 1 fully saturated rings. The van der Waals surface area contributed by atoms with Crippen LogP contribution in [0.25, 0.3) is 11.3 Å². The Morgan fingerprint density at radius 2 is 2.05 bits per heavy atom. The van der Waals surface area contributed by atoms with Crippen molar-refractivity contribution < 1.29 is 24.5 Å². The van der Waals surface area contributed by atoms with Gasteiger partial charge in [0.2, 0.25) is 0 Å². The number of aliphatic hydroxyl groups excluding tert-OH is 3. The summed E-state index contributed by atoms with van der Waals surface area (Å²) in [6, 6.07) is 5.33. The SMILES string of the molecule is O[C@@H]1[C@@H](O)[C@@H](Oc2ccc(-c3ccoc3)nc2)SC[C@H]1O. The first-order valence-electron chi connectivity index (χ1n) is 6.46. The molecule has 6 nitrogen and oxygen atoms in total. The van der Waals surface area contributed by atoms with Crippen molar-refractivity contribution in [3.05, 3.63) is 36.9 Å². The Morgan fingerprint density at radius 3 is 2.71 bits per heavy atom. The van der Waals surface area contributed by atoms with E-state index in [1.54, 1.807) is 36.9 Å². The van der Waals surface area contributed by atoms with E-state index in [1.165, 1.54) is 11.8 Å². The maximum atomic E-state index is 9.89. The van der Waals surface area contributed by atoms with Gasteiger partial charge < -0.3 is 24.5 Å². The first kappa shape index (κ1) is 14.4. The van der Waals surface area contributed by atoms with Gasteiger partial charge in [-0.15, -0.1) is 11.8 Å². The highest BCUT2D eigenvalue weighted by Crippen LogP contribution is 2.29. The highest BCUT2D eigenvalue weighted by Gasteiger charge is 2.38. The second kappa shape index (κ2) is 6.07. The minimum absolute atomic E-state index is 0.309. The van der Waals surface area contributed by atoms with Crippen molar-refractivity contribution >= 4 is 11.8 Å². The number of furan rings is 1.